The number of amidine groups is 1. The van der Waals surface area contributed by atoms with Crippen molar-refractivity contribution >= 4 is 85.3 Å². The van der Waals surface area contributed by atoms with Crippen LogP contribution in [0.1, 0.15) is 16.9 Å². The monoisotopic (exact) mass is 646 g/mol. The summed E-state index contributed by atoms with van der Waals surface area (Å²) in [5.41, 5.74) is 2.34. The molecule has 1 aromatic heterocycles. The number of amides is 1. The maximum absolute atomic E-state index is 13.4. The molecule has 5 rings (SSSR count). The lowest BCUT2D eigenvalue weighted by Gasteiger charge is -2.14. The van der Waals surface area contributed by atoms with Gasteiger partial charge in [-0.15, -0.1) is 0 Å². The van der Waals surface area contributed by atoms with E-state index < -0.39 is 0 Å². The second-order valence-electron chi connectivity index (χ2n) is 8.16. The molecular weight excluding hydrogens is 631 g/mol. The Morgan fingerprint density at radius 3 is 2.50 bits per heavy atom. The predicted octanol–water partition coefficient (Wildman–Crippen LogP) is 9.39. The van der Waals surface area contributed by atoms with Gasteiger partial charge in [0.15, 0.2) is 10.9 Å². The topological polar surface area (TPSA) is 55.0 Å². The van der Waals surface area contributed by atoms with Crippen molar-refractivity contribution in [1.29, 1.82) is 0 Å². The highest BCUT2D eigenvalue weighted by Gasteiger charge is 2.34. The summed E-state index contributed by atoms with van der Waals surface area (Å²) in [5.74, 6) is 0.972. The number of benzene rings is 3. The van der Waals surface area contributed by atoms with Gasteiger partial charge in [0.25, 0.3) is 5.91 Å². The van der Waals surface area contributed by atoms with E-state index in [1.807, 2.05) is 48.5 Å². The number of carbonyl (C=O) groups is 1. The first kappa shape index (κ1) is 26.9. The third-order valence-electron chi connectivity index (χ3n) is 5.45. The highest BCUT2D eigenvalue weighted by molar-refractivity contribution is 9.10. The summed E-state index contributed by atoms with van der Waals surface area (Å²) in [6.07, 6.45) is 3.37. The average molecular weight is 649 g/mol. The van der Waals surface area contributed by atoms with E-state index in [0.29, 0.717) is 41.1 Å². The van der Waals surface area contributed by atoms with E-state index in [1.54, 1.807) is 41.5 Å². The van der Waals surface area contributed by atoms with E-state index in [-0.39, 0.29) is 19.1 Å². The summed E-state index contributed by atoms with van der Waals surface area (Å²) in [4.78, 5) is 20.2. The molecule has 1 amide bonds. The number of rotatable bonds is 7. The first-order valence-electron chi connectivity index (χ1n) is 11.3. The van der Waals surface area contributed by atoms with Crippen molar-refractivity contribution in [2.45, 2.75) is 13.2 Å². The van der Waals surface area contributed by atoms with E-state index in [1.165, 1.54) is 11.8 Å². The molecule has 192 valence electrons. The minimum absolute atomic E-state index is 0.173. The molecule has 1 fully saturated rings. The first-order chi connectivity index (χ1) is 18.4. The third kappa shape index (κ3) is 6.30. The zero-order chi connectivity index (χ0) is 26.6. The molecule has 0 aliphatic carbocycles. The van der Waals surface area contributed by atoms with Crippen molar-refractivity contribution in [3.05, 3.63) is 120 Å². The molecular formula is C28H18BrCl3N2O3S. The second-order valence-corrected chi connectivity index (χ2v) is 11.2. The molecule has 10 heteroatoms. The number of para-hydroxylation sites is 1. The fourth-order valence-electron chi connectivity index (χ4n) is 3.64. The van der Waals surface area contributed by atoms with Crippen LogP contribution in [-0.2, 0) is 17.9 Å². The number of ether oxygens (including phenoxy) is 1. The third-order valence-corrected chi connectivity index (χ3v) is 8.06. The summed E-state index contributed by atoms with van der Waals surface area (Å²) in [5, 5.41) is 1.89. The van der Waals surface area contributed by atoms with Gasteiger partial charge >= 0.3 is 0 Å². The number of thioether (sulfide) groups is 1. The molecule has 0 spiro atoms. The summed E-state index contributed by atoms with van der Waals surface area (Å²) < 4.78 is 12.1. The van der Waals surface area contributed by atoms with Crippen molar-refractivity contribution in [2.75, 3.05) is 0 Å². The quantitative estimate of drug-likeness (QED) is 0.188. The Kier molecular flexibility index (Phi) is 8.51. The van der Waals surface area contributed by atoms with E-state index in [0.717, 1.165) is 16.8 Å². The zero-order valence-corrected chi connectivity index (χ0v) is 24.2. The smallest absolute Gasteiger partial charge is 0.267 e. The second kappa shape index (κ2) is 12.0. The molecule has 0 N–H and O–H groups in total. The fraction of sp³-hybridized carbons (Fsp3) is 0.0714. The zero-order valence-electron chi connectivity index (χ0n) is 19.5. The van der Waals surface area contributed by atoms with Crippen molar-refractivity contribution in [1.82, 2.24) is 4.90 Å². The van der Waals surface area contributed by atoms with Gasteiger partial charge in [-0.1, -0.05) is 59.1 Å². The van der Waals surface area contributed by atoms with Crippen LogP contribution in [0.3, 0.4) is 0 Å². The van der Waals surface area contributed by atoms with E-state index in [2.05, 4.69) is 15.9 Å². The van der Waals surface area contributed by atoms with E-state index in [9.17, 15) is 4.79 Å². The molecule has 1 saturated heterocycles. The number of aliphatic imine (C=N–C) groups is 1. The number of nitrogens with zero attached hydrogens (tertiary/aromatic N) is 2. The highest BCUT2D eigenvalue weighted by atomic mass is 79.9. The van der Waals surface area contributed by atoms with Crippen molar-refractivity contribution in [3.63, 3.8) is 0 Å². The molecule has 0 radical (unpaired) electrons. The van der Waals surface area contributed by atoms with Crippen LogP contribution in [-0.4, -0.2) is 16.0 Å². The van der Waals surface area contributed by atoms with Gasteiger partial charge in [0.2, 0.25) is 0 Å². The van der Waals surface area contributed by atoms with Crippen LogP contribution in [0.15, 0.2) is 97.8 Å². The van der Waals surface area contributed by atoms with Gasteiger partial charge in [-0.2, -0.15) is 0 Å². The van der Waals surface area contributed by atoms with E-state index in [4.69, 9.17) is 48.9 Å². The van der Waals surface area contributed by atoms with Gasteiger partial charge in [0.05, 0.1) is 42.9 Å². The highest BCUT2D eigenvalue weighted by Crippen LogP contribution is 2.39. The molecule has 0 bridgehead atoms. The molecule has 4 aromatic rings. The Labute approximate surface area is 247 Å². The summed E-state index contributed by atoms with van der Waals surface area (Å²) in [6.45, 7) is 0.527. The Hall–Kier alpha value is -2.68. The number of halogens is 4. The van der Waals surface area contributed by atoms with Crippen molar-refractivity contribution < 1.29 is 13.9 Å². The van der Waals surface area contributed by atoms with Crippen LogP contribution in [0.25, 0.3) is 6.08 Å². The molecule has 1 aliphatic rings. The summed E-state index contributed by atoms with van der Waals surface area (Å²) >= 11 is 23.5. The molecule has 0 atom stereocenters. The maximum atomic E-state index is 13.4. The lowest BCUT2D eigenvalue weighted by Crippen LogP contribution is -2.28. The SMILES string of the molecule is O=C1/C(=C/c2cc(Cl)c(OCc3ccc(Cl)c(Cl)c3)c(Br)c2)SC(=Nc2ccccc2)N1Cc1ccco1. The molecule has 0 unspecified atom stereocenters. The standard InChI is InChI=1S/C28H18BrCl3N2O3S/c29-21-11-18(13-24(32)26(21)37-16-17-8-9-22(30)23(31)12-17)14-25-27(35)34(15-20-7-4-10-36-20)28(38-25)33-19-5-2-1-3-6-19/h1-14H,15-16H2/b25-14-,33-28?. The molecule has 1 aliphatic heterocycles. The first-order valence-corrected chi connectivity index (χ1v) is 14.0. The predicted molar refractivity (Wildman–Crippen MR) is 158 cm³/mol. The summed E-state index contributed by atoms with van der Waals surface area (Å²) in [7, 11) is 0. The lowest BCUT2D eigenvalue weighted by molar-refractivity contribution is -0.122. The van der Waals surface area contributed by atoms with Gasteiger partial charge in [0, 0.05) is 0 Å². The lowest BCUT2D eigenvalue weighted by atomic mass is 10.2. The normalized spacial score (nSPS) is 15.6. The van der Waals surface area contributed by atoms with Crippen LogP contribution in [0, 0.1) is 0 Å². The van der Waals surface area contributed by atoms with Crippen LogP contribution < -0.4 is 4.74 Å². The van der Waals surface area contributed by atoms with Crippen LogP contribution in [0.2, 0.25) is 15.1 Å². The minimum atomic E-state index is -0.173. The van der Waals surface area contributed by atoms with Crippen molar-refractivity contribution in [3.8, 4) is 5.75 Å². The Morgan fingerprint density at radius 1 is 0.974 bits per heavy atom. The Bertz CT molecular complexity index is 1520. The minimum Gasteiger partial charge on any atom is -0.486 e. The van der Waals surface area contributed by atoms with Gasteiger partial charge < -0.3 is 9.15 Å². The number of hydrogen-bond acceptors (Lipinski definition) is 5. The molecule has 3 aromatic carbocycles. The van der Waals surface area contributed by atoms with Crippen molar-refractivity contribution in [2.24, 2.45) is 4.99 Å². The Balaban J connectivity index is 1.39. The summed E-state index contributed by atoms with van der Waals surface area (Å²) in [6, 6.07) is 22.0. The van der Waals surface area contributed by atoms with E-state index >= 15 is 0 Å². The average Bonchev–Trinajstić information content (AvgIpc) is 3.51. The fourth-order valence-corrected chi connectivity index (χ4v) is 5.95. The number of carbonyl (C=O) groups excluding carboxylic acids is 1. The molecule has 5 nitrogen and oxygen atoms in total. The van der Waals surface area contributed by atoms with Gasteiger partial charge in [-0.3, -0.25) is 9.69 Å². The van der Waals surface area contributed by atoms with Gasteiger partial charge in [-0.25, -0.2) is 4.99 Å². The van der Waals surface area contributed by atoms with Crippen LogP contribution in [0.5, 0.6) is 5.75 Å². The van der Waals surface area contributed by atoms with Gasteiger partial charge in [0.1, 0.15) is 12.4 Å². The molecule has 2 heterocycles. The number of furan rings is 1. The van der Waals surface area contributed by atoms with Crippen LogP contribution in [0.4, 0.5) is 5.69 Å². The van der Waals surface area contributed by atoms with Crippen LogP contribution >= 0.6 is 62.5 Å². The van der Waals surface area contributed by atoms with Gasteiger partial charge in [-0.05, 0) is 93.4 Å². The molecule has 38 heavy (non-hydrogen) atoms. The number of hydrogen-bond donors (Lipinski definition) is 0. The Morgan fingerprint density at radius 2 is 1.79 bits per heavy atom. The molecule has 0 saturated carbocycles. The maximum Gasteiger partial charge on any atom is 0.267 e. The largest absolute Gasteiger partial charge is 0.486 e.